The highest BCUT2D eigenvalue weighted by atomic mass is 16.3. The first kappa shape index (κ1) is 11.0. The summed E-state index contributed by atoms with van der Waals surface area (Å²) in [6, 6.07) is 3.95. The highest BCUT2D eigenvalue weighted by molar-refractivity contribution is 5.75. The summed E-state index contributed by atoms with van der Waals surface area (Å²) < 4.78 is 5.40. The highest BCUT2D eigenvalue weighted by Crippen LogP contribution is 2.05. The smallest absolute Gasteiger partial charge is 0.131 e. The Morgan fingerprint density at radius 3 is 2.79 bits per heavy atom. The summed E-state index contributed by atoms with van der Waals surface area (Å²) in [6.45, 7) is 5.17. The molecule has 0 aliphatic heterocycles. The summed E-state index contributed by atoms with van der Waals surface area (Å²) in [5, 5.41) is 3.19. The molecule has 0 saturated heterocycles. The zero-order valence-electron chi connectivity index (χ0n) is 8.80. The molecule has 3 nitrogen and oxygen atoms in total. The van der Waals surface area contributed by atoms with Gasteiger partial charge in [-0.05, 0) is 26.0 Å². The van der Waals surface area contributed by atoms with E-state index < -0.39 is 0 Å². The molecule has 78 valence electrons. The van der Waals surface area contributed by atoms with Gasteiger partial charge in [0.2, 0.25) is 0 Å². The zero-order valence-corrected chi connectivity index (χ0v) is 8.80. The first-order valence-corrected chi connectivity index (χ1v) is 4.94. The second kappa shape index (κ2) is 5.60. The Hall–Kier alpha value is -1.09. The van der Waals surface area contributed by atoms with E-state index in [9.17, 15) is 4.79 Å². The van der Waals surface area contributed by atoms with Crippen LogP contribution in [0.4, 0.5) is 0 Å². The van der Waals surface area contributed by atoms with Gasteiger partial charge in [-0.3, -0.25) is 4.79 Å². The van der Waals surface area contributed by atoms with Crippen LogP contribution in [0.1, 0.15) is 24.9 Å². The van der Waals surface area contributed by atoms with Crippen LogP contribution in [0.25, 0.3) is 0 Å². The minimum Gasteiger partial charge on any atom is -0.466 e. The number of nitrogens with one attached hydrogen (secondary N) is 1. The van der Waals surface area contributed by atoms with Gasteiger partial charge in [-0.25, -0.2) is 0 Å². The molecule has 1 aromatic heterocycles. The molecule has 0 radical (unpaired) electrons. The lowest BCUT2D eigenvalue weighted by molar-refractivity contribution is -0.116. The van der Waals surface area contributed by atoms with E-state index in [2.05, 4.69) is 5.32 Å². The summed E-state index contributed by atoms with van der Waals surface area (Å²) in [6.07, 6.45) is 1.49. The van der Waals surface area contributed by atoms with E-state index in [1.807, 2.05) is 19.1 Å². The predicted molar refractivity (Wildman–Crippen MR) is 55.3 cm³/mol. The van der Waals surface area contributed by atoms with Gasteiger partial charge in [-0.1, -0.05) is 0 Å². The van der Waals surface area contributed by atoms with Crippen molar-refractivity contribution in [2.75, 3.05) is 13.1 Å². The fourth-order valence-corrected chi connectivity index (χ4v) is 1.22. The lowest BCUT2D eigenvalue weighted by atomic mass is 10.3. The van der Waals surface area contributed by atoms with Crippen molar-refractivity contribution in [1.29, 1.82) is 0 Å². The Morgan fingerprint density at radius 1 is 1.43 bits per heavy atom. The standard InChI is InChI=1S/C11H17NO2/c1-9(13)5-7-12-8-6-11-4-3-10(2)14-11/h3-4,12H,5-8H2,1-2H3. The number of rotatable bonds is 6. The first-order valence-electron chi connectivity index (χ1n) is 4.94. The number of furan rings is 1. The minimum absolute atomic E-state index is 0.228. The van der Waals surface area contributed by atoms with Crippen molar-refractivity contribution in [2.24, 2.45) is 0 Å². The van der Waals surface area contributed by atoms with Crippen LogP contribution in [0, 0.1) is 6.92 Å². The number of carbonyl (C=O) groups excluding carboxylic acids is 1. The molecule has 3 heteroatoms. The third kappa shape index (κ3) is 4.23. The molecule has 0 aliphatic rings. The molecule has 1 aromatic rings. The Morgan fingerprint density at radius 2 is 2.21 bits per heavy atom. The number of hydrogen-bond acceptors (Lipinski definition) is 3. The molecular weight excluding hydrogens is 178 g/mol. The number of carbonyl (C=O) groups is 1. The molecule has 0 spiro atoms. The molecule has 0 aromatic carbocycles. The largest absolute Gasteiger partial charge is 0.466 e. The van der Waals surface area contributed by atoms with Gasteiger partial charge in [0, 0.05) is 25.9 Å². The molecule has 0 bridgehead atoms. The van der Waals surface area contributed by atoms with Gasteiger partial charge >= 0.3 is 0 Å². The first-order chi connectivity index (χ1) is 6.68. The number of hydrogen-bond donors (Lipinski definition) is 1. The number of aryl methyl sites for hydroxylation is 1. The van der Waals surface area contributed by atoms with E-state index in [0.29, 0.717) is 6.42 Å². The fraction of sp³-hybridized carbons (Fsp3) is 0.545. The van der Waals surface area contributed by atoms with E-state index in [-0.39, 0.29) is 5.78 Å². The second-order valence-corrected chi connectivity index (χ2v) is 3.46. The Bertz CT molecular complexity index is 291. The third-order valence-corrected chi connectivity index (χ3v) is 2.00. The molecule has 14 heavy (non-hydrogen) atoms. The van der Waals surface area contributed by atoms with Crippen LogP contribution in [0.5, 0.6) is 0 Å². The van der Waals surface area contributed by atoms with Gasteiger partial charge in [0.05, 0.1) is 0 Å². The zero-order chi connectivity index (χ0) is 10.4. The second-order valence-electron chi connectivity index (χ2n) is 3.46. The fourth-order valence-electron chi connectivity index (χ4n) is 1.22. The quantitative estimate of drug-likeness (QED) is 0.702. The van der Waals surface area contributed by atoms with Crippen LogP contribution in [0.2, 0.25) is 0 Å². The summed E-state index contributed by atoms with van der Waals surface area (Å²) in [7, 11) is 0. The molecule has 0 unspecified atom stereocenters. The lowest BCUT2D eigenvalue weighted by Gasteiger charge is -2.00. The normalized spacial score (nSPS) is 10.4. The van der Waals surface area contributed by atoms with E-state index in [4.69, 9.17) is 4.42 Å². The molecule has 0 saturated carbocycles. The van der Waals surface area contributed by atoms with Gasteiger partial charge < -0.3 is 9.73 Å². The van der Waals surface area contributed by atoms with Gasteiger partial charge in [0.1, 0.15) is 17.3 Å². The van der Waals surface area contributed by atoms with E-state index in [1.54, 1.807) is 6.92 Å². The van der Waals surface area contributed by atoms with Gasteiger partial charge in [0.25, 0.3) is 0 Å². The van der Waals surface area contributed by atoms with Crippen molar-refractivity contribution in [2.45, 2.75) is 26.7 Å². The SMILES string of the molecule is CC(=O)CCNCCc1ccc(C)o1. The van der Waals surface area contributed by atoms with Crippen molar-refractivity contribution in [3.8, 4) is 0 Å². The predicted octanol–water partition coefficient (Wildman–Crippen LogP) is 1.70. The Kier molecular flexibility index (Phi) is 4.40. The van der Waals surface area contributed by atoms with Crippen molar-refractivity contribution in [3.63, 3.8) is 0 Å². The maximum Gasteiger partial charge on any atom is 0.131 e. The van der Waals surface area contributed by atoms with Gasteiger partial charge in [0.15, 0.2) is 0 Å². The van der Waals surface area contributed by atoms with Crippen molar-refractivity contribution in [3.05, 3.63) is 23.7 Å². The van der Waals surface area contributed by atoms with Crippen LogP contribution < -0.4 is 5.32 Å². The third-order valence-electron chi connectivity index (χ3n) is 2.00. The van der Waals surface area contributed by atoms with Crippen molar-refractivity contribution < 1.29 is 9.21 Å². The summed E-state index contributed by atoms with van der Waals surface area (Å²) in [4.78, 5) is 10.6. The topological polar surface area (TPSA) is 42.2 Å². The number of Topliss-reactive ketones (excluding diaryl/α,β-unsaturated/α-hetero) is 1. The van der Waals surface area contributed by atoms with Crippen LogP contribution in [0.15, 0.2) is 16.5 Å². The van der Waals surface area contributed by atoms with Crippen molar-refractivity contribution >= 4 is 5.78 Å². The average molecular weight is 195 g/mol. The maximum atomic E-state index is 10.6. The molecule has 1 heterocycles. The van der Waals surface area contributed by atoms with Crippen molar-refractivity contribution in [1.82, 2.24) is 5.32 Å². The Balaban J connectivity index is 2.07. The number of ketones is 1. The highest BCUT2D eigenvalue weighted by Gasteiger charge is 1.98. The molecular formula is C11H17NO2. The van der Waals surface area contributed by atoms with E-state index in [1.165, 1.54) is 0 Å². The van der Waals surface area contributed by atoms with Crippen LogP contribution in [-0.2, 0) is 11.2 Å². The summed E-state index contributed by atoms with van der Waals surface area (Å²) in [5.41, 5.74) is 0. The summed E-state index contributed by atoms with van der Waals surface area (Å²) in [5.74, 6) is 2.17. The molecule has 0 amide bonds. The monoisotopic (exact) mass is 195 g/mol. The molecule has 1 N–H and O–H groups in total. The average Bonchev–Trinajstić information content (AvgIpc) is 2.50. The Labute approximate surface area is 84.5 Å². The molecule has 1 rings (SSSR count). The maximum absolute atomic E-state index is 10.6. The van der Waals surface area contributed by atoms with Crippen LogP contribution in [-0.4, -0.2) is 18.9 Å². The van der Waals surface area contributed by atoms with Gasteiger partial charge in [-0.2, -0.15) is 0 Å². The molecule has 0 atom stereocenters. The van der Waals surface area contributed by atoms with E-state index in [0.717, 1.165) is 31.0 Å². The van der Waals surface area contributed by atoms with Crippen LogP contribution in [0.3, 0.4) is 0 Å². The minimum atomic E-state index is 0.228. The summed E-state index contributed by atoms with van der Waals surface area (Å²) >= 11 is 0. The van der Waals surface area contributed by atoms with Gasteiger partial charge in [-0.15, -0.1) is 0 Å². The molecule has 0 aliphatic carbocycles. The lowest BCUT2D eigenvalue weighted by Crippen LogP contribution is -2.19. The van der Waals surface area contributed by atoms with E-state index >= 15 is 0 Å². The van der Waals surface area contributed by atoms with Crippen LogP contribution >= 0.6 is 0 Å². The molecule has 0 fully saturated rings.